The maximum absolute atomic E-state index is 12.5. The van der Waals surface area contributed by atoms with Crippen LogP contribution in [0.2, 0.25) is 0 Å². The van der Waals surface area contributed by atoms with Gasteiger partial charge in [0.05, 0.1) is 6.54 Å². The average molecular weight is 324 g/mol. The molecule has 0 radical (unpaired) electrons. The Morgan fingerprint density at radius 2 is 2.14 bits per heavy atom. The molecule has 0 atom stereocenters. The van der Waals surface area contributed by atoms with Crippen LogP contribution in [0.5, 0.6) is 0 Å². The molecule has 0 aromatic carbocycles. The quantitative estimate of drug-likeness (QED) is 0.783. The van der Waals surface area contributed by atoms with Crippen molar-refractivity contribution in [3.63, 3.8) is 0 Å². The molecule has 0 unspecified atom stereocenters. The third kappa shape index (κ3) is 3.31. The molecule has 0 saturated carbocycles. The van der Waals surface area contributed by atoms with Gasteiger partial charge in [0.25, 0.3) is 10.0 Å². The molecule has 1 N–H and O–H groups in total. The summed E-state index contributed by atoms with van der Waals surface area (Å²) >= 11 is 0. The number of carbonyl (C=O) groups is 1. The summed E-state index contributed by atoms with van der Waals surface area (Å²) < 4.78 is 28.1. The van der Waals surface area contributed by atoms with Crippen LogP contribution in [0.1, 0.15) is 18.7 Å². The maximum atomic E-state index is 12.5. The van der Waals surface area contributed by atoms with Gasteiger partial charge in [0.2, 0.25) is 5.91 Å². The van der Waals surface area contributed by atoms with E-state index in [1.165, 1.54) is 10.5 Å². The predicted octanol–water partition coefficient (Wildman–Crippen LogP) is -0.121. The van der Waals surface area contributed by atoms with Crippen molar-refractivity contribution >= 4 is 15.9 Å². The Balaban J connectivity index is 2.02. The molecule has 7 nitrogen and oxygen atoms in total. The first kappa shape index (κ1) is 16.5. The molecule has 1 aliphatic rings. The zero-order chi connectivity index (χ0) is 16.3. The van der Waals surface area contributed by atoms with Gasteiger partial charge in [-0.3, -0.25) is 4.79 Å². The van der Waals surface area contributed by atoms with E-state index in [4.69, 9.17) is 6.42 Å². The van der Waals surface area contributed by atoms with Crippen molar-refractivity contribution in [1.29, 1.82) is 0 Å². The molecule has 22 heavy (non-hydrogen) atoms. The third-order valence-electron chi connectivity index (χ3n) is 3.88. The summed E-state index contributed by atoms with van der Waals surface area (Å²) in [6.07, 6.45) is 7.59. The summed E-state index contributed by atoms with van der Waals surface area (Å²) in [5, 5.41) is 2.70. The summed E-state index contributed by atoms with van der Waals surface area (Å²) in [7, 11) is -1.84. The highest BCUT2D eigenvalue weighted by Gasteiger charge is 2.33. The number of carbonyl (C=O) groups excluding carboxylic acids is 1. The van der Waals surface area contributed by atoms with Crippen molar-refractivity contribution in [2.24, 2.45) is 13.0 Å². The number of rotatable bonds is 4. The average Bonchev–Trinajstić information content (AvgIpc) is 2.85. The summed E-state index contributed by atoms with van der Waals surface area (Å²) in [6.45, 7) is 2.57. The monoisotopic (exact) mass is 324 g/mol. The topological polar surface area (TPSA) is 84.3 Å². The molecular formula is C14H20N4O3S. The molecule has 1 amide bonds. The van der Waals surface area contributed by atoms with E-state index in [0.717, 1.165) is 0 Å². The lowest BCUT2D eigenvalue weighted by Crippen LogP contribution is -2.43. The molecule has 0 spiro atoms. The second-order valence-electron chi connectivity index (χ2n) is 5.34. The van der Waals surface area contributed by atoms with Gasteiger partial charge in [-0.25, -0.2) is 13.4 Å². The van der Waals surface area contributed by atoms with Crippen LogP contribution in [-0.2, 0) is 21.9 Å². The van der Waals surface area contributed by atoms with Gasteiger partial charge in [-0.1, -0.05) is 5.92 Å². The lowest BCUT2D eigenvalue weighted by Gasteiger charge is -2.29. The number of sulfonamides is 1. The zero-order valence-corrected chi connectivity index (χ0v) is 13.6. The molecule has 1 fully saturated rings. The Labute approximate surface area is 130 Å². The molecule has 0 aliphatic carbocycles. The van der Waals surface area contributed by atoms with Gasteiger partial charge in [-0.2, -0.15) is 4.31 Å². The smallest absolute Gasteiger partial charge is 0.262 e. The van der Waals surface area contributed by atoms with Crippen molar-refractivity contribution in [3.8, 4) is 12.3 Å². The first-order valence-electron chi connectivity index (χ1n) is 7.07. The molecule has 1 aliphatic heterocycles. The van der Waals surface area contributed by atoms with Gasteiger partial charge < -0.3 is 9.88 Å². The van der Waals surface area contributed by atoms with Crippen LogP contribution in [0.25, 0.3) is 0 Å². The Bertz CT molecular complexity index is 675. The second-order valence-corrected chi connectivity index (χ2v) is 7.22. The van der Waals surface area contributed by atoms with Crippen LogP contribution >= 0.6 is 0 Å². The molecule has 1 aromatic heterocycles. The number of nitrogens with zero attached hydrogens (tertiary/aromatic N) is 3. The maximum Gasteiger partial charge on any atom is 0.262 e. The number of imidazole rings is 1. The van der Waals surface area contributed by atoms with E-state index >= 15 is 0 Å². The molecule has 2 rings (SSSR count). The van der Waals surface area contributed by atoms with Crippen LogP contribution in [0.4, 0.5) is 0 Å². The van der Waals surface area contributed by atoms with E-state index in [1.54, 1.807) is 18.5 Å². The molecule has 120 valence electrons. The molecule has 8 heteroatoms. The number of hydrogen-bond donors (Lipinski definition) is 1. The lowest BCUT2D eigenvalue weighted by molar-refractivity contribution is -0.125. The minimum absolute atomic E-state index is 0.0581. The van der Waals surface area contributed by atoms with Crippen LogP contribution in [0.15, 0.2) is 11.2 Å². The molecule has 2 heterocycles. The Morgan fingerprint density at radius 1 is 1.50 bits per heavy atom. The van der Waals surface area contributed by atoms with E-state index in [1.807, 2.05) is 0 Å². The van der Waals surface area contributed by atoms with Crippen molar-refractivity contribution in [1.82, 2.24) is 19.2 Å². The minimum Gasteiger partial charge on any atom is -0.345 e. The van der Waals surface area contributed by atoms with E-state index in [-0.39, 0.29) is 23.4 Å². The van der Waals surface area contributed by atoms with Gasteiger partial charge in [0.1, 0.15) is 5.82 Å². The van der Waals surface area contributed by atoms with Crippen LogP contribution in [0, 0.1) is 25.2 Å². The van der Waals surface area contributed by atoms with Gasteiger partial charge in [-0.15, -0.1) is 6.42 Å². The van der Waals surface area contributed by atoms with Crippen molar-refractivity contribution < 1.29 is 13.2 Å². The first-order valence-corrected chi connectivity index (χ1v) is 8.51. The van der Waals surface area contributed by atoms with Gasteiger partial charge in [-0.05, 0) is 19.8 Å². The Kier molecular flexibility index (Phi) is 4.88. The fourth-order valence-corrected chi connectivity index (χ4v) is 3.92. The third-order valence-corrected chi connectivity index (χ3v) is 5.65. The number of aromatic nitrogens is 2. The minimum atomic E-state index is -3.59. The van der Waals surface area contributed by atoms with Crippen molar-refractivity contribution in [2.75, 3.05) is 19.6 Å². The number of terminal acetylenes is 1. The van der Waals surface area contributed by atoms with Gasteiger partial charge in [0, 0.05) is 32.3 Å². The second kappa shape index (κ2) is 6.50. The molecular weight excluding hydrogens is 304 g/mol. The van der Waals surface area contributed by atoms with Gasteiger partial charge in [0.15, 0.2) is 5.03 Å². The van der Waals surface area contributed by atoms with E-state index in [0.29, 0.717) is 31.8 Å². The fourth-order valence-electron chi connectivity index (χ4n) is 2.42. The normalized spacial score (nSPS) is 17.1. The predicted molar refractivity (Wildman–Crippen MR) is 81.3 cm³/mol. The van der Waals surface area contributed by atoms with Crippen molar-refractivity contribution in [2.45, 2.75) is 24.8 Å². The highest BCUT2D eigenvalue weighted by Crippen LogP contribution is 2.23. The first-order chi connectivity index (χ1) is 10.4. The molecule has 1 saturated heterocycles. The lowest BCUT2D eigenvalue weighted by atomic mass is 9.97. The van der Waals surface area contributed by atoms with E-state index < -0.39 is 10.0 Å². The number of nitrogens with one attached hydrogen (secondary N) is 1. The zero-order valence-electron chi connectivity index (χ0n) is 12.7. The fraction of sp³-hybridized carbons (Fsp3) is 0.571. The SMILES string of the molecule is C#CCNC(=O)C1CCN(S(=O)(=O)c2cn(C)c(C)n2)CC1. The molecule has 0 bridgehead atoms. The van der Waals surface area contributed by atoms with Crippen LogP contribution < -0.4 is 5.32 Å². The summed E-state index contributed by atoms with van der Waals surface area (Å²) in [5.41, 5.74) is 0. The molecule has 1 aromatic rings. The summed E-state index contributed by atoms with van der Waals surface area (Å²) in [4.78, 5) is 15.9. The Morgan fingerprint density at radius 3 is 2.64 bits per heavy atom. The standard InChI is InChI=1S/C14H20N4O3S/c1-4-7-15-14(19)12-5-8-18(9-6-12)22(20,21)13-10-17(3)11(2)16-13/h1,10,12H,5-9H2,2-3H3,(H,15,19). The van der Waals surface area contributed by atoms with E-state index in [9.17, 15) is 13.2 Å². The van der Waals surface area contributed by atoms with Crippen molar-refractivity contribution in [3.05, 3.63) is 12.0 Å². The highest BCUT2D eigenvalue weighted by atomic mass is 32.2. The largest absolute Gasteiger partial charge is 0.345 e. The highest BCUT2D eigenvalue weighted by molar-refractivity contribution is 7.89. The summed E-state index contributed by atoms with van der Waals surface area (Å²) in [6, 6.07) is 0. The van der Waals surface area contributed by atoms with Gasteiger partial charge >= 0.3 is 0 Å². The Hall–Kier alpha value is -1.85. The van der Waals surface area contributed by atoms with Crippen LogP contribution in [0.3, 0.4) is 0 Å². The van der Waals surface area contributed by atoms with E-state index in [2.05, 4.69) is 16.2 Å². The summed E-state index contributed by atoms with van der Waals surface area (Å²) in [5.74, 6) is 2.69. The van der Waals surface area contributed by atoms with Crippen LogP contribution in [-0.4, -0.2) is 47.8 Å². The number of aryl methyl sites for hydroxylation is 2. The number of piperidine rings is 1. The number of hydrogen-bond acceptors (Lipinski definition) is 4. The number of amides is 1.